The molecule has 1 fully saturated rings. The summed E-state index contributed by atoms with van der Waals surface area (Å²) in [7, 11) is 0. The summed E-state index contributed by atoms with van der Waals surface area (Å²) in [4.78, 5) is 45.0. The van der Waals surface area contributed by atoms with Crippen molar-refractivity contribution in [1.82, 2.24) is 15.4 Å². The van der Waals surface area contributed by atoms with Crippen molar-refractivity contribution in [2.24, 2.45) is 5.92 Å². The summed E-state index contributed by atoms with van der Waals surface area (Å²) in [5.74, 6) is -2.83. The highest BCUT2D eigenvalue weighted by atomic mass is 32.1. The molecule has 2 atom stereocenters. The Bertz CT molecular complexity index is 1500. The van der Waals surface area contributed by atoms with Crippen LogP contribution in [0.5, 0.6) is 11.5 Å². The van der Waals surface area contributed by atoms with E-state index in [1.807, 2.05) is 13.8 Å². The molecule has 242 valence electrons. The molecule has 1 aliphatic heterocycles. The lowest BCUT2D eigenvalue weighted by Gasteiger charge is -2.31. The van der Waals surface area contributed by atoms with Crippen molar-refractivity contribution in [1.29, 1.82) is 0 Å². The van der Waals surface area contributed by atoms with Gasteiger partial charge in [0.15, 0.2) is 5.13 Å². The minimum absolute atomic E-state index is 0.0163. The number of ether oxygens (including phenoxy) is 1. The highest BCUT2D eigenvalue weighted by Gasteiger charge is 2.52. The van der Waals surface area contributed by atoms with Crippen LogP contribution >= 0.6 is 11.3 Å². The Morgan fingerprint density at radius 2 is 1.67 bits per heavy atom. The van der Waals surface area contributed by atoms with Gasteiger partial charge in [0.05, 0.1) is 16.5 Å². The number of carbonyl (C=O) groups excluding carboxylic acids is 3. The van der Waals surface area contributed by atoms with E-state index >= 15 is 0 Å². The molecule has 0 radical (unpaired) electrons. The molecule has 4 rings (SSSR count). The maximum atomic E-state index is 14.1. The predicted octanol–water partition coefficient (Wildman–Crippen LogP) is 6.39. The van der Waals surface area contributed by atoms with E-state index < -0.39 is 58.4 Å². The molecule has 0 bridgehead atoms. The van der Waals surface area contributed by atoms with Crippen LogP contribution in [0.4, 0.5) is 31.5 Å². The lowest BCUT2D eigenvalue weighted by Crippen LogP contribution is -2.50. The minimum Gasteiger partial charge on any atom is -0.457 e. The van der Waals surface area contributed by atoms with E-state index in [-0.39, 0.29) is 48.7 Å². The number of rotatable bonds is 10. The number of benzene rings is 2. The van der Waals surface area contributed by atoms with Crippen LogP contribution in [0.15, 0.2) is 54.0 Å². The van der Waals surface area contributed by atoms with Crippen LogP contribution in [0, 0.1) is 5.92 Å². The number of halogens is 6. The molecule has 9 nitrogen and oxygen atoms in total. The largest absolute Gasteiger partial charge is 0.457 e. The van der Waals surface area contributed by atoms with Gasteiger partial charge in [0.25, 0.3) is 5.91 Å². The number of nitrogens with one attached hydrogen (secondary N) is 2. The molecule has 1 aliphatic rings. The second kappa shape index (κ2) is 13.0. The predicted molar refractivity (Wildman–Crippen MR) is 150 cm³/mol. The number of aromatic nitrogens is 1. The lowest BCUT2D eigenvalue weighted by molar-refractivity contribution is -0.145. The average molecular weight is 659 g/mol. The molecular formula is C29H28F6N4O5S. The first-order chi connectivity index (χ1) is 21.0. The highest BCUT2D eigenvalue weighted by Crippen LogP contribution is 2.43. The first-order valence-corrected chi connectivity index (χ1v) is 14.4. The minimum atomic E-state index is -5.07. The number of thiazole rings is 1. The molecule has 3 N–H and O–H groups in total. The van der Waals surface area contributed by atoms with Crippen LogP contribution in [-0.4, -0.2) is 45.4 Å². The summed E-state index contributed by atoms with van der Waals surface area (Å²) < 4.78 is 85.2. The molecule has 16 heteroatoms. The zero-order valence-electron chi connectivity index (χ0n) is 23.8. The Kier molecular flexibility index (Phi) is 9.77. The normalized spacial score (nSPS) is 17.8. The number of alkyl halides is 6. The van der Waals surface area contributed by atoms with Gasteiger partial charge in [-0.2, -0.15) is 26.3 Å². The second-order valence-electron chi connectivity index (χ2n) is 10.9. The van der Waals surface area contributed by atoms with E-state index in [2.05, 4.69) is 10.3 Å². The van der Waals surface area contributed by atoms with Gasteiger partial charge in [-0.25, -0.2) is 10.5 Å². The molecule has 0 aliphatic carbocycles. The van der Waals surface area contributed by atoms with E-state index in [0.29, 0.717) is 17.7 Å². The summed E-state index contributed by atoms with van der Waals surface area (Å²) in [5, 5.41) is 13.9. The van der Waals surface area contributed by atoms with Crippen LogP contribution in [0.1, 0.15) is 49.8 Å². The Morgan fingerprint density at radius 3 is 2.18 bits per heavy atom. The Morgan fingerprint density at radius 1 is 1.04 bits per heavy atom. The Labute approximate surface area is 257 Å². The Balaban J connectivity index is 1.68. The third-order valence-corrected chi connectivity index (χ3v) is 7.97. The summed E-state index contributed by atoms with van der Waals surface area (Å²) in [5.41, 5.74) is -2.72. The van der Waals surface area contributed by atoms with Crippen molar-refractivity contribution >= 4 is 34.2 Å². The van der Waals surface area contributed by atoms with Gasteiger partial charge in [-0.15, -0.1) is 11.3 Å². The van der Waals surface area contributed by atoms with Crippen molar-refractivity contribution in [2.45, 2.75) is 56.9 Å². The molecule has 2 aromatic carbocycles. The van der Waals surface area contributed by atoms with Crippen LogP contribution in [0.3, 0.4) is 0 Å². The van der Waals surface area contributed by atoms with Gasteiger partial charge < -0.3 is 15.0 Å². The summed E-state index contributed by atoms with van der Waals surface area (Å²) in [6.07, 6.45) is -8.74. The fourth-order valence-corrected chi connectivity index (χ4v) is 5.75. The molecule has 0 saturated carbocycles. The van der Waals surface area contributed by atoms with Gasteiger partial charge in [-0.05, 0) is 54.7 Å². The second-order valence-corrected chi connectivity index (χ2v) is 11.8. The van der Waals surface area contributed by atoms with Crippen molar-refractivity contribution < 1.29 is 50.7 Å². The number of carbonyl (C=O) groups is 3. The van der Waals surface area contributed by atoms with Gasteiger partial charge in [0.2, 0.25) is 11.8 Å². The maximum Gasteiger partial charge on any atom is 0.416 e. The maximum absolute atomic E-state index is 14.1. The van der Waals surface area contributed by atoms with Crippen molar-refractivity contribution in [3.63, 3.8) is 0 Å². The smallest absolute Gasteiger partial charge is 0.416 e. The lowest BCUT2D eigenvalue weighted by atomic mass is 9.75. The van der Waals surface area contributed by atoms with E-state index in [1.54, 1.807) is 10.9 Å². The number of likely N-dealkylation sites (tertiary alicyclic amines) is 1. The fourth-order valence-electron chi connectivity index (χ4n) is 5.21. The first-order valence-electron chi connectivity index (χ1n) is 13.6. The van der Waals surface area contributed by atoms with E-state index in [1.165, 1.54) is 35.4 Å². The average Bonchev–Trinajstić information content (AvgIpc) is 3.58. The van der Waals surface area contributed by atoms with Crippen molar-refractivity contribution in [3.8, 4) is 11.5 Å². The quantitative estimate of drug-likeness (QED) is 0.132. The van der Waals surface area contributed by atoms with Crippen LogP contribution in [0.25, 0.3) is 0 Å². The molecule has 3 amide bonds. The number of hydrogen-bond acceptors (Lipinski definition) is 7. The molecule has 2 unspecified atom stereocenters. The van der Waals surface area contributed by atoms with Gasteiger partial charge in [0.1, 0.15) is 17.5 Å². The van der Waals surface area contributed by atoms with E-state index in [9.17, 15) is 45.9 Å². The van der Waals surface area contributed by atoms with Gasteiger partial charge >= 0.3 is 12.4 Å². The van der Waals surface area contributed by atoms with Crippen LogP contribution in [-0.2, 0) is 32.2 Å². The number of amides is 3. The van der Waals surface area contributed by atoms with Crippen LogP contribution in [0.2, 0.25) is 0 Å². The van der Waals surface area contributed by atoms with Crippen molar-refractivity contribution in [2.75, 3.05) is 11.9 Å². The van der Waals surface area contributed by atoms with Gasteiger partial charge in [-0.3, -0.25) is 19.6 Å². The van der Waals surface area contributed by atoms with Crippen molar-refractivity contribution in [3.05, 3.63) is 70.7 Å². The zero-order valence-corrected chi connectivity index (χ0v) is 24.6. The number of hydrogen-bond donors (Lipinski definition) is 3. The molecular weight excluding hydrogens is 630 g/mol. The molecule has 3 aromatic rings. The summed E-state index contributed by atoms with van der Waals surface area (Å²) in [6.45, 7) is 3.71. The fraction of sp³-hybridized carbons (Fsp3) is 0.379. The third-order valence-electron chi connectivity index (χ3n) is 7.28. The van der Waals surface area contributed by atoms with Crippen LogP contribution < -0.4 is 15.5 Å². The topological polar surface area (TPSA) is 121 Å². The van der Waals surface area contributed by atoms with Gasteiger partial charge in [0, 0.05) is 24.5 Å². The SMILES string of the molecule is CC(C)CC(C(=O)NO)N1CCC(CC(=O)Nc2nccs2)(c2ccc(Oc3cc(C(F)(F)F)cc(C(F)(F)F)c3)cc2)C1=O. The molecule has 1 saturated heterocycles. The molecule has 0 spiro atoms. The third kappa shape index (κ3) is 7.73. The monoisotopic (exact) mass is 658 g/mol. The number of nitrogens with zero attached hydrogens (tertiary/aromatic N) is 2. The molecule has 1 aromatic heterocycles. The number of hydroxylamine groups is 1. The highest BCUT2D eigenvalue weighted by molar-refractivity contribution is 7.13. The van der Waals surface area contributed by atoms with E-state index in [0.717, 1.165) is 11.3 Å². The standard InChI is InChI=1S/C29H28F6N4O5S/c1-16(2)11-22(24(41)38-43)39-9-7-27(25(39)42,15-23(40)37-26-36-8-10-45-26)17-3-5-20(6-4-17)44-21-13-18(28(30,31)32)12-19(14-21)29(33,34)35/h3-6,8,10,12-14,16,22,43H,7,9,11,15H2,1-2H3,(H,38,41)(H,36,37,40). The zero-order chi connectivity index (χ0) is 33.2. The van der Waals surface area contributed by atoms with E-state index in [4.69, 9.17) is 4.74 Å². The summed E-state index contributed by atoms with van der Waals surface area (Å²) >= 11 is 1.16. The first kappa shape index (κ1) is 33.7. The van der Waals surface area contributed by atoms with Gasteiger partial charge in [-0.1, -0.05) is 26.0 Å². The molecule has 45 heavy (non-hydrogen) atoms. The number of anilines is 1. The summed E-state index contributed by atoms with van der Waals surface area (Å²) in [6, 6.07) is 5.09. The molecule has 2 heterocycles. The Hall–Kier alpha value is -4.18.